The number of nitrogens with zero attached hydrogens (tertiary/aromatic N) is 3. The van der Waals surface area contributed by atoms with Gasteiger partial charge in [-0.1, -0.05) is 48.0 Å². The number of likely N-dealkylation sites (N-methyl/N-ethyl adjacent to an activating group) is 1. The molecule has 212 valence electrons. The lowest BCUT2D eigenvalue weighted by atomic mass is 10.1. The van der Waals surface area contributed by atoms with Crippen LogP contribution in [0.1, 0.15) is 18.1 Å². The third-order valence-corrected chi connectivity index (χ3v) is 8.25. The molecular weight excluding hydrogens is 560 g/mol. The molecule has 0 radical (unpaired) electrons. The van der Waals surface area contributed by atoms with Gasteiger partial charge in [0.2, 0.25) is 11.8 Å². The van der Waals surface area contributed by atoms with Gasteiger partial charge in [-0.15, -0.1) is 0 Å². The van der Waals surface area contributed by atoms with Crippen LogP contribution in [0, 0.1) is 17.0 Å². The molecule has 3 aromatic rings. The van der Waals surface area contributed by atoms with E-state index in [0.29, 0.717) is 0 Å². The molecule has 0 aliphatic carbocycles. The van der Waals surface area contributed by atoms with Crippen LogP contribution >= 0.6 is 11.6 Å². The van der Waals surface area contributed by atoms with Gasteiger partial charge in [-0.2, -0.15) is 0 Å². The average molecular weight is 589 g/mol. The lowest BCUT2D eigenvalue weighted by molar-refractivity contribution is -0.385. The Kier molecular flexibility index (Phi) is 9.72. The van der Waals surface area contributed by atoms with E-state index in [2.05, 4.69) is 5.32 Å². The Balaban J connectivity index is 2.16. The van der Waals surface area contributed by atoms with Crippen molar-refractivity contribution in [2.24, 2.45) is 0 Å². The van der Waals surface area contributed by atoms with Gasteiger partial charge in [-0.05, 0) is 43.7 Å². The second-order valence-electron chi connectivity index (χ2n) is 8.83. The molecule has 0 fully saturated rings. The van der Waals surface area contributed by atoms with Crippen molar-refractivity contribution in [3.63, 3.8) is 0 Å². The Morgan fingerprint density at radius 2 is 1.77 bits per heavy atom. The Morgan fingerprint density at radius 3 is 2.38 bits per heavy atom. The predicted molar refractivity (Wildman–Crippen MR) is 151 cm³/mol. The fraction of sp³-hybridized carbons (Fsp3) is 0.259. The van der Waals surface area contributed by atoms with Gasteiger partial charge in [0.05, 0.1) is 22.6 Å². The smallest absolute Gasteiger partial charge is 0.273 e. The molecule has 13 heteroatoms. The number of nitro benzene ring substituents is 1. The Hall–Kier alpha value is -4.16. The number of hydrogen-bond acceptors (Lipinski definition) is 7. The molecule has 2 amide bonds. The van der Waals surface area contributed by atoms with Crippen LogP contribution in [-0.2, 0) is 26.2 Å². The molecular formula is C27H29ClN4O7S. The lowest BCUT2D eigenvalue weighted by Gasteiger charge is -2.32. The first-order valence-electron chi connectivity index (χ1n) is 12.1. The van der Waals surface area contributed by atoms with E-state index >= 15 is 0 Å². The number of sulfonamides is 1. The third-order valence-electron chi connectivity index (χ3n) is 6.26. The normalized spacial score (nSPS) is 11.8. The summed E-state index contributed by atoms with van der Waals surface area (Å²) < 4.78 is 34.2. The molecule has 0 unspecified atom stereocenters. The van der Waals surface area contributed by atoms with Gasteiger partial charge >= 0.3 is 0 Å². The van der Waals surface area contributed by atoms with Crippen LogP contribution in [0.4, 0.5) is 11.4 Å². The van der Waals surface area contributed by atoms with Gasteiger partial charge in [-0.3, -0.25) is 24.0 Å². The monoisotopic (exact) mass is 588 g/mol. The summed E-state index contributed by atoms with van der Waals surface area (Å²) in [6.07, 6.45) is 0. The number of amides is 2. The summed E-state index contributed by atoms with van der Waals surface area (Å²) >= 11 is 6.20. The molecule has 0 bridgehead atoms. The molecule has 0 aliphatic rings. The zero-order valence-corrected chi connectivity index (χ0v) is 23.9. The summed E-state index contributed by atoms with van der Waals surface area (Å²) in [5, 5.41) is 14.2. The molecule has 0 heterocycles. The van der Waals surface area contributed by atoms with Gasteiger partial charge in [0.25, 0.3) is 15.7 Å². The van der Waals surface area contributed by atoms with E-state index in [1.807, 2.05) is 0 Å². The first-order valence-corrected chi connectivity index (χ1v) is 13.9. The first-order chi connectivity index (χ1) is 18.9. The molecule has 0 aliphatic heterocycles. The molecule has 11 nitrogen and oxygen atoms in total. The molecule has 0 spiro atoms. The Bertz CT molecular complexity index is 1520. The summed E-state index contributed by atoms with van der Waals surface area (Å²) in [5.41, 5.74) is 0.527. The standard InChI is InChI=1S/C27H29ClN4O7S/c1-18-10-12-22(15-23(18)32(35)36)40(37,38)31(24-14-21(28)11-13-25(24)39-4)17-26(33)30(19(2)27(34)29-3)16-20-8-6-5-7-9-20/h5-15,19H,16-17H2,1-4H3,(H,29,34)/t19-/m1/s1. The van der Waals surface area contributed by atoms with Gasteiger partial charge in [0, 0.05) is 30.2 Å². The molecule has 40 heavy (non-hydrogen) atoms. The van der Waals surface area contributed by atoms with E-state index in [-0.39, 0.29) is 28.6 Å². The number of aryl methyl sites for hydroxylation is 1. The highest BCUT2D eigenvalue weighted by Gasteiger charge is 2.34. The number of hydrogen-bond donors (Lipinski definition) is 1. The van der Waals surface area contributed by atoms with E-state index < -0.39 is 49.9 Å². The van der Waals surface area contributed by atoms with Gasteiger partial charge in [0.15, 0.2) is 0 Å². The molecule has 3 rings (SSSR count). The quantitative estimate of drug-likeness (QED) is 0.264. The van der Waals surface area contributed by atoms with Gasteiger partial charge < -0.3 is 15.0 Å². The van der Waals surface area contributed by atoms with Crippen molar-refractivity contribution in [3.05, 3.63) is 93.0 Å². The fourth-order valence-corrected chi connectivity index (χ4v) is 5.62. The van der Waals surface area contributed by atoms with E-state index in [1.165, 1.54) is 63.2 Å². The van der Waals surface area contributed by atoms with Crippen LogP contribution in [0.5, 0.6) is 5.75 Å². The van der Waals surface area contributed by atoms with Crippen LogP contribution in [0.15, 0.2) is 71.6 Å². The zero-order valence-electron chi connectivity index (χ0n) is 22.3. The summed E-state index contributed by atoms with van der Waals surface area (Å²) in [4.78, 5) is 38.1. The fourth-order valence-electron chi connectivity index (χ4n) is 4.02. The van der Waals surface area contributed by atoms with E-state index in [4.69, 9.17) is 16.3 Å². The molecule has 1 N–H and O–H groups in total. The van der Waals surface area contributed by atoms with Gasteiger partial charge in [-0.25, -0.2) is 8.42 Å². The molecule has 0 aromatic heterocycles. The first kappa shape index (κ1) is 30.4. The maximum absolute atomic E-state index is 14.0. The number of nitrogens with one attached hydrogen (secondary N) is 1. The van der Waals surface area contributed by atoms with Crippen LogP contribution in [0.2, 0.25) is 5.02 Å². The van der Waals surface area contributed by atoms with Crippen molar-refractivity contribution in [2.45, 2.75) is 31.3 Å². The van der Waals surface area contributed by atoms with Crippen molar-refractivity contribution >= 4 is 44.8 Å². The van der Waals surface area contributed by atoms with Crippen molar-refractivity contribution in [2.75, 3.05) is 25.0 Å². The number of ether oxygens (including phenoxy) is 1. The minimum absolute atomic E-state index is 0.0187. The highest BCUT2D eigenvalue weighted by Crippen LogP contribution is 2.36. The molecule has 0 saturated carbocycles. The van der Waals surface area contributed by atoms with Crippen LogP contribution in [0.3, 0.4) is 0 Å². The van der Waals surface area contributed by atoms with Crippen LogP contribution in [0.25, 0.3) is 0 Å². The maximum atomic E-state index is 14.0. The topological polar surface area (TPSA) is 139 Å². The number of rotatable bonds is 11. The number of carbonyl (C=O) groups excluding carboxylic acids is 2. The number of benzene rings is 3. The number of halogens is 1. The predicted octanol–water partition coefficient (Wildman–Crippen LogP) is 3.92. The molecule has 1 atom stereocenters. The molecule has 0 saturated heterocycles. The van der Waals surface area contributed by atoms with Crippen LogP contribution < -0.4 is 14.4 Å². The Labute approximate surface area is 237 Å². The largest absolute Gasteiger partial charge is 0.495 e. The summed E-state index contributed by atoms with van der Waals surface area (Å²) in [6, 6.07) is 15.7. The lowest BCUT2D eigenvalue weighted by Crippen LogP contribution is -2.50. The summed E-state index contributed by atoms with van der Waals surface area (Å²) in [7, 11) is -1.83. The van der Waals surface area contributed by atoms with Crippen molar-refractivity contribution in [1.82, 2.24) is 10.2 Å². The number of nitro groups is 1. The molecule has 3 aromatic carbocycles. The van der Waals surface area contributed by atoms with Gasteiger partial charge in [0.1, 0.15) is 18.3 Å². The number of carbonyl (C=O) groups is 2. The zero-order chi connectivity index (χ0) is 29.6. The number of methoxy groups -OCH3 is 1. The average Bonchev–Trinajstić information content (AvgIpc) is 2.94. The number of anilines is 1. The van der Waals surface area contributed by atoms with Crippen molar-refractivity contribution in [3.8, 4) is 5.75 Å². The van der Waals surface area contributed by atoms with Crippen molar-refractivity contribution in [1.29, 1.82) is 0 Å². The Morgan fingerprint density at radius 1 is 1.10 bits per heavy atom. The van der Waals surface area contributed by atoms with E-state index in [9.17, 15) is 28.1 Å². The summed E-state index contributed by atoms with van der Waals surface area (Å²) in [6.45, 7) is 2.28. The third kappa shape index (κ3) is 6.69. The van der Waals surface area contributed by atoms with E-state index in [0.717, 1.165) is 15.9 Å². The van der Waals surface area contributed by atoms with Crippen molar-refractivity contribution < 1.29 is 27.7 Å². The van der Waals surface area contributed by atoms with E-state index in [1.54, 1.807) is 30.3 Å². The highest BCUT2D eigenvalue weighted by atomic mass is 35.5. The van der Waals surface area contributed by atoms with Crippen LogP contribution in [-0.4, -0.2) is 56.8 Å². The SMILES string of the molecule is CNC(=O)[C@@H](C)N(Cc1ccccc1)C(=O)CN(c1cc(Cl)ccc1OC)S(=O)(=O)c1ccc(C)c([N+](=O)[O-])c1. The minimum atomic E-state index is -4.59. The maximum Gasteiger partial charge on any atom is 0.273 e. The second-order valence-corrected chi connectivity index (χ2v) is 11.1. The highest BCUT2D eigenvalue weighted by molar-refractivity contribution is 7.92. The summed E-state index contributed by atoms with van der Waals surface area (Å²) in [5.74, 6) is -1.06. The minimum Gasteiger partial charge on any atom is -0.495 e. The second kappa shape index (κ2) is 12.8.